The number of hydrogen-bond donors (Lipinski definition) is 0. The molecular weight excluding hydrogens is 300 g/mol. The number of ether oxygens (including phenoxy) is 2. The first-order chi connectivity index (χ1) is 10.7. The lowest BCUT2D eigenvalue weighted by molar-refractivity contribution is 0.104. The van der Waals surface area contributed by atoms with Crippen LogP contribution in [0.4, 0.5) is 5.13 Å². The third-order valence-corrected chi connectivity index (χ3v) is 4.84. The van der Waals surface area contributed by atoms with Gasteiger partial charge in [-0.15, -0.1) is 0 Å². The van der Waals surface area contributed by atoms with Crippen LogP contribution in [0.15, 0.2) is 24.3 Å². The average molecular weight is 318 g/mol. The van der Waals surface area contributed by atoms with Crippen molar-refractivity contribution in [1.82, 2.24) is 4.98 Å². The number of carbonyl (C=O) groups is 1. The van der Waals surface area contributed by atoms with Gasteiger partial charge in [-0.2, -0.15) is 0 Å². The molecule has 2 aromatic rings. The number of aryl methyl sites for hydroxylation is 1. The highest BCUT2D eigenvalue weighted by Gasteiger charge is 2.21. The predicted octanol–water partition coefficient (Wildman–Crippen LogP) is 2.53. The molecule has 2 heterocycles. The summed E-state index contributed by atoms with van der Waals surface area (Å²) in [5.41, 5.74) is 1.44. The molecule has 1 aromatic carbocycles. The van der Waals surface area contributed by atoms with E-state index in [1.807, 2.05) is 6.92 Å². The molecule has 0 aliphatic carbocycles. The fraction of sp³-hybridized carbons (Fsp3) is 0.375. The molecule has 5 nitrogen and oxygen atoms in total. The molecule has 0 atom stereocenters. The number of ketones is 1. The zero-order valence-electron chi connectivity index (χ0n) is 12.7. The van der Waals surface area contributed by atoms with E-state index in [0.29, 0.717) is 23.7 Å². The van der Waals surface area contributed by atoms with E-state index in [2.05, 4.69) is 9.88 Å². The lowest BCUT2D eigenvalue weighted by Crippen LogP contribution is -2.36. The molecule has 3 rings (SSSR count). The van der Waals surface area contributed by atoms with Crippen molar-refractivity contribution < 1.29 is 14.3 Å². The third-order valence-electron chi connectivity index (χ3n) is 3.63. The predicted molar refractivity (Wildman–Crippen MR) is 86.3 cm³/mol. The molecule has 1 aliphatic rings. The van der Waals surface area contributed by atoms with Gasteiger partial charge in [0.05, 0.1) is 30.9 Å². The normalized spacial score (nSPS) is 14.9. The van der Waals surface area contributed by atoms with Gasteiger partial charge in [0.15, 0.2) is 5.13 Å². The molecular formula is C16H18N2O3S. The van der Waals surface area contributed by atoms with Gasteiger partial charge >= 0.3 is 0 Å². The summed E-state index contributed by atoms with van der Waals surface area (Å²) in [5, 5.41) is 0.901. The fourth-order valence-electron chi connectivity index (χ4n) is 2.36. The van der Waals surface area contributed by atoms with Crippen molar-refractivity contribution in [3.05, 3.63) is 40.4 Å². The summed E-state index contributed by atoms with van der Waals surface area (Å²) >= 11 is 1.46. The van der Waals surface area contributed by atoms with E-state index in [-0.39, 0.29) is 5.78 Å². The number of methoxy groups -OCH3 is 1. The van der Waals surface area contributed by atoms with Crippen molar-refractivity contribution in [2.75, 3.05) is 38.3 Å². The Bertz CT molecular complexity index is 661. The van der Waals surface area contributed by atoms with Gasteiger partial charge in [-0.25, -0.2) is 4.98 Å². The van der Waals surface area contributed by atoms with E-state index in [1.165, 1.54) is 11.3 Å². The number of nitrogens with zero attached hydrogens (tertiary/aromatic N) is 2. The monoisotopic (exact) mass is 318 g/mol. The highest BCUT2D eigenvalue weighted by molar-refractivity contribution is 7.17. The number of rotatable bonds is 4. The first-order valence-corrected chi connectivity index (χ1v) is 7.99. The Labute approximate surface area is 133 Å². The second-order valence-corrected chi connectivity index (χ2v) is 6.05. The number of anilines is 1. The van der Waals surface area contributed by atoms with Gasteiger partial charge in [0.25, 0.3) is 0 Å². The number of thiazole rings is 1. The molecule has 1 fully saturated rings. The molecule has 0 spiro atoms. The first kappa shape index (κ1) is 15.0. The van der Waals surface area contributed by atoms with Gasteiger partial charge in [0.2, 0.25) is 5.78 Å². The van der Waals surface area contributed by atoms with Crippen LogP contribution in [0.1, 0.15) is 20.9 Å². The van der Waals surface area contributed by atoms with Crippen LogP contribution in [-0.4, -0.2) is 44.2 Å². The van der Waals surface area contributed by atoms with Crippen LogP contribution in [0.5, 0.6) is 5.75 Å². The Morgan fingerprint density at radius 2 is 1.95 bits per heavy atom. The zero-order valence-corrected chi connectivity index (χ0v) is 13.5. The Kier molecular flexibility index (Phi) is 4.40. The number of carbonyl (C=O) groups excluding carboxylic acids is 1. The summed E-state index contributed by atoms with van der Waals surface area (Å²) in [6.45, 7) is 4.95. The molecule has 0 N–H and O–H groups in total. The molecule has 0 bridgehead atoms. The maximum Gasteiger partial charge on any atom is 0.204 e. The van der Waals surface area contributed by atoms with E-state index in [4.69, 9.17) is 9.47 Å². The van der Waals surface area contributed by atoms with Gasteiger partial charge in [0.1, 0.15) is 5.75 Å². The van der Waals surface area contributed by atoms with Crippen molar-refractivity contribution in [2.45, 2.75) is 6.92 Å². The van der Waals surface area contributed by atoms with Crippen LogP contribution in [0, 0.1) is 6.92 Å². The van der Waals surface area contributed by atoms with Crippen LogP contribution in [0.25, 0.3) is 0 Å². The summed E-state index contributed by atoms with van der Waals surface area (Å²) in [5.74, 6) is 0.753. The quantitative estimate of drug-likeness (QED) is 0.811. The molecule has 116 valence electrons. The second kappa shape index (κ2) is 6.46. The van der Waals surface area contributed by atoms with Gasteiger partial charge in [-0.05, 0) is 31.2 Å². The van der Waals surface area contributed by atoms with E-state index in [9.17, 15) is 4.79 Å². The number of hydrogen-bond acceptors (Lipinski definition) is 6. The molecule has 22 heavy (non-hydrogen) atoms. The van der Waals surface area contributed by atoms with Crippen LogP contribution in [0.2, 0.25) is 0 Å². The Morgan fingerprint density at radius 1 is 1.27 bits per heavy atom. The lowest BCUT2D eigenvalue weighted by Gasteiger charge is -2.25. The van der Waals surface area contributed by atoms with E-state index >= 15 is 0 Å². The number of aromatic nitrogens is 1. The molecule has 0 saturated carbocycles. The highest BCUT2D eigenvalue weighted by atomic mass is 32.1. The standard InChI is InChI=1S/C16H18N2O3S/c1-11-15(14(19)12-3-5-13(20-2)6-4-12)22-16(17-11)18-7-9-21-10-8-18/h3-6H,7-10H2,1-2H3. The maximum absolute atomic E-state index is 12.6. The first-order valence-electron chi connectivity index (χ1n) is 7.18. The zero-order chi connectivity index (χ0) is 15.5. The summed E-state index contributed by atoms with van der Waals surface area (Å²) in [7, 11) is 1.61. The van der Waals surface area contributed by atoms with Gasteiger partial charge in [0, 0.05) is 18.7 Å². The highest BCUT2D eigenvalue weighted by Crippen LogP contribution is 2.29. The molecule has 1 aromatic heterocycles. The molecule has 1 aliphatic heterocycles. The van der Waals surface area contributed by atoms with Crippen LogP contribution in [0.3, 0.4) is 0 Å². The van der Waals surface area contributed by atoms with Gasteiger partial charge < -0.3 is 14.4 Å². The van der Waals surface area contributed by atoms with E-state index in [0.717, 1.165) is 29.7 Å². The number of benzene rings is 1. The van der Waals surface area contributed by atoms with Crippen molar-refractivity contribution in [3.63, 3.8) is 0 Å². The van der Waals surface area contributed by atoms with Crippen molar-refractivity contribution >= 4 is 22.3 Å². The van der Waals surface area contributed by atoms with E-state index < -0.39 is 0 Å². The van der Waals surface area contributed by atoms with Crippen LogP contribution in [-0.2, 0) is 4.74 Å². The second-order valence-electron chi connectivity index (χ2n) is 5.07. The molecule has 6 heteroatoms. The summed E-state index contributed by atoms with van der Waals surface area (Å²) in [6.07, 6.45) is 0. The van der Waals surface area contributed by atoms with Crippen molar-refractivity contribution in [2.24, 2.45) is 0 Å². The minimum atomic E-state index is 0.0113. The average Bonchev–Trinajstić information content (AvgIpc) is 2.97. The smallest absolute Gasteiger partial charge is 0.204 e. The van der Waals surface area contributed by atoms with Crippen molar-refractivity contribution in [3.8, 4) is 5.75 Å². The lowest BCUT2D eigenvalue weighted by atomic mass is 10.1. The largest absolute Gasteiger partial charge is 0.497 e. The third kappa shape index (κ3) is 2.98. The molecule has 0 unspecified atom stereocenters. The summed E-state index contributed by atoms with van der Waals surface area (Å²) < 4.78 is 10.5. The fourth-order valence-corrected chi connectivity index (χ4v) is 3.44. The molecule has 0 amide bonds. The summed E-state index contributed by atoms with van der Waals surface area (Å²) in [4.78, 5) is 20.1. The van der Waals surface area contributed by atoms with Crippen LogP contribution < -0.4 is 9.64 Å². The Balaban J connectivity index is 1.83. The minimum Gasteiger partial charge on any atom is -0.497 e. The topological polar surface area (TPSA) is 51.7 Å². The molecule has 0 radical (unpaired) electrons. The maximum atomic E-state index is 12.6. The van der Waals surface area contributed by atoms with E-state index in [1.54, 1.807) is 31.4 Å². The van der Waals surface area contributed by atoms with Gasteiger partial charge in [-0.3, -0.25) is 4.79 Å². The van der Waals surface area contributed by atoms with Gasteiger partial charge in [-0.1, -0.05) is 11.3 Å². The number of morpholine rings is 1. The Morgan fingerprint density at radius 3 is 2.59 bits per heavy atom. The SMILES string of the molecule is COc1ccc(C(=O)c2sc(N3CCOCC3)nc2C)cc1. The van der Waals surface area contributed by atoms with Crippen molar-refractivity contribution in [1.29, 1.82) is 0 Å². The van der Waals surface area contributed by atoms with Crippen LogP contribution >= 0.6 is 11.3 Å². The Hall–Kier alpha value is -1.92. The molecule has 1 saturated heterocycles. The minimum absolute atomic E-state index is 0.0113. The summed E-state index contributed by atoms with van der Waals surface area (Å²) in [6, 6.07) is 7.17.